The molecule has 3 heterocycles. The largest absolute Gasteiger partial charge is 0.356 e. The van der Waals surface area contributed by atoms with E-state index in [1.54, 1.807) is 11.3 Å². The van der Waals surface area contributed by atoms with Crippen LogP contribution >= 0.6 is 11.3 Å². The summed E-state index contributed by atoms with van der Waals surface area (Å²) in [6, 6.07) is 2.16. The van der Waals surface area contributed by atoms with E-state index in [4.69, 9.17) is 4.98 Å². The van der Waals surface area contributed by atoms with Gasteiger partial charge in [-0.1, -0.05) is 13.3 Å². The summed E-state index contributed by atoms with van der Waals surface area (Å²) in [5, 5.41) is 6.58. The van der Waals surface area contributed by atoms with Crippen molar-refractivity contribution in [2.24, 2.45) is 5.92 Å². The number of aromatic nitrogens is 2. The molecular weight excluding hydrogens is 280 g/mol. The minimum atomic E-state index is 0.763. The van der Waals surface area contributed by atoms with Gasteiger partial charge in [-0.15, -0.1) is 11.3 Å². The van der Waals surface area contributed by atoms with E-state index in [1.165, 1.54) is 31.1 Å². The summed E-state index contributed by atoms with van der Waals surface area (Å²) in [5.41, 5.74) is 0. The molecule has 0 aliphatic carbocycles. The lowest BCUT2D eigenvalue weighted by Crippen LogP contribution is -2.26. The van der Waals surface area contributed by atoms with Crippen molar-refractivity contribution in [3.8, 4) is 0 Å². The van der Waals surface area contributed by atoms with E-state index < -0.39 is 0 Å². The average Bonchev–Trinajstić information content (AvgIpc) is 2.83. The average molecular weight is 304 g/mol. The predicted molar refractivity (Wildman–Crippen MR) is 91.4 cm³/mol. The lowest BCUT2D eigenvalue weighted by molar-refractivity contribution is 0.459. The Morgan fingerprint density at radius 3 is 3.00 bits per heavy atom. The van der Waals surface area contributed by atoms with Crippen LogP contribution in [-0.4, -0.2) is 29.6 Å². The highest BCUT2D eigenvalue weighted by atomic mass is 32.1. The Morgan fingerprint density at radius 1 is 1.29 bits per heavy atom. The van der Waals surface area contributed by atoms with Gasteiger partial charge in [0.1, 0.15) is 10.6 Å². The van der Waals surface area contributed by atoms with Crippen molar-refractivity contribution in [3.05, 3.63) is 11.4 Å². The van der Waals surface area contributed by atoms with Gasteiger partial charge in [0.05, 0.1) is 5.39 Å². The van der Waals surface area contributed by atoms with Gasteiger partial charge in [0.2, 0.25) is 5.95 Å². The molecule has 5 heteroatoms. The maximum absolute atomic E-state index is 4.79. The molecular formula is C16H24N4S. The zero-order valence-corrected chi connectivity index (χ0v) is 13.7. The smallest absolute Gasteiger partial charge is 0.226 e. The first-order chi connectivity index (χ1) is 10.3. The summed E-state index contributed by atoms with van der Waals surface area (Å²) in [6.07, 6.45) is 5.20. The van der Waals surface area contributed by atoms with Crippen LogP contribution in [0.1, 0.15) is 39.5 Å². The van der Waals surface area contributed by atoms with E-state index in [2.05, 4.69) is 40.5 Å². The molecule has 0 amide bonds. The quantitative estimate of drug-likeness (QED) is 0.921. The number of nitrogens with zero attached hydrogens (tertiary/aromatic N) is 3. The first-order valence-corrected chi connectivity index (χ1v) is 8.93. The van der Waals surface area contributed by atoms with Crippen molar-refractivity contribution in [2.45, 2.75) is 39.5 Å². The first-order valence-electron chi connectivity index (χ1n) is 8.05. The van der Waals surface area contributed by atoms with Crippen LogP contribution in [0, 0.1) is 5.92 Å². The van der Waals surface area contributed by atoms with Crippen molar-refractivity contribution in [1.82, 2.24) is 9.97 Å². The van der Waals surface area contributed by atoms with Crippen LogP contribution < -0.4 is 10.2 Å². The Kier molecular flexibility index (Phi) is 4.58. The molecule has 1 unspecified atom stereocenters. The fraction of sp³-hybridized carbons (Fsp3) is 0.625. The molecule has 1 aliphatic rings. The number of hydrogen-bond acceptors (Lipinski definition) is 5. The third kappa shape index (κ3) is 3.12. The molecule has 0 saturated carbocycles. The SMILES string of the molecule is CCNc1nc(N2CCCC(CC)CC2)c2ccsc2n1. The first kappa shape index (κ1) is 14.6. The molecule has 3 rings (SSSR count). The molecule has 1 atom stereocenters. The second-order valence-corrected chi connectivity index (χ2v) is 6.63. The second-order valence-electron chi connectivity index (χ2n) is 5.73. The van der Waals surface area contributed by atoms with Gasteiger partial charge in [-0.25, -0.2) is 4.98 Å². The van der Waals surface area contributed by atoms with Crippen molar-refractivity contribution < 1.29 is 0 Å². The molecule has 0 radical (unpaired) electrons. The maximum atomic E-state index is 4.79. The lowest BCUT2D eigenvalue weighted by Gasteiger charge is -2.23. The topological polar surface area (TPSA) is 41.1 Å². The van der Waals surface area contributed by atoms with Gasteiger partial charge >= 0.3 is 0 Å². The normalized spacial score (nSPS) is 19.7. The van der Waals surface area contributed by atoms with Crippen LogP contribution in [-0.2, 0) is 0 Å². The van der Waals surface area contributed by atoms with Crippen LogP contribution in [0.25, 0.3) is 10.2 Å². The minimum Gasteiger partial charge on any atom is -0.356 e. The Morgan fingerprint density at radius 2 is 2.19 bits per heavy atom. The molecule has 4 nitrogen and oxygen atoms in total. The van der Waals surface area contributed by atoms with Crippen molar-refractivity contribution >= 4 is 33.3 Å². The van der Waals surface area contributed by atoms with Gasteiger partial charge in [0, 0.05) is 19.6 Å². The predicted octanol–water partition coefficient (Wildman–Crippen LogP) is 4.14. The summed E-state index contributed by atoms with van der Waals surface area (Å²) in [5.74, 6) is 2.76. The van der Waals surface area contributed by atoms with Crippen molar-refractivity contribution in [2.75, 3.05) is 29.9 Å². The number of rotatable bonds is 4. The molecule has 0 aromatic carbocycles. The van der Waals surface area contributed by atoms with Gasteiger partial charge in [-0.3, -0.25) is 0 Å². The Labute approximate surface area is 130 Å². The standard InChI is InChI=1S/C16H24N4S/c1-3-12-6-5-9-20(10-7-12)14-13-8-11-21-15(13)19-16(18-14)17-4-2/h8,11-12H,3-7,9-10H2,1-2H3,(H,17,18,19). The number of thiophene rings is 1. The van der Waals surface area contributed by atoms with E-state index in [9.17, 15) is 0 Å². The fourth-order valence-electron chi connectivity index (χ4n) is 3.10. The number of anilines is 2. The van der Waals surface area contributed by atoms with Crippen LogP contribution in [0.5, 0.6) is 0 Å². The van der Waals surface area contributed by atoms with Gasteiger partial charge in [0.25, 0.3) is 0 Å². The zero-order valence-electron chi connectivity index (χ0n) is 12.9. The molecule has 1 fully saturated rings. The number of nitrogens with one attached hydrogen (secondary N) is 1. The van der Waals surface area contributed by atoms with Crippen molar-refractivity contribution in [1.29, 1.82) is 0 Å². The third-order valence-electron chi connectivity index (χ3n) is 4.36. The summed E-state index contributed by atoms with van der Waals surface area (Å²) in [4.78, 5) is 12.9. The minimum absolute atomic E-state index is 0.763. The molecule has 1 N–H and O–H groups in total. The van der Waals surface area contributed by atoms with E-state index in [1.807, 2.05) is 0 Å². The van der Waals surface area contributed by atoms with Crippen LogP contribution in [0.3, 0.4) is 0 Å². The number of fused-ring (bicyclic) bond motifs is 1. The maximum Gasteiger partial charge on any atom is 0.226 e. The van der Waals surface area contributed by atoms with Crippen LogP contribution in [0.15, 0.2) is 11.4 Å². The molecule has 2 aromatic rings. The lowest BCUT2D eigenvalue weighted by atomic mass is 9.98. The molecule has 2 aromatic heterocycles. The Hall–Kier alpha value is -1.36. The van der Waals surface area contributed by atoms with Crippen molar-refractivity contribution in [3.63, 3.8) is 0 Å². The van der Waals surface area contributed by atoms with E-state index in [0.29, 0.717) is 0 Å². The Bertz CT molecular complexity index is 595. The highest BCUT2D eigenvalue weighted by Gasteiger charge is 2.20. The van der Waals surface area contributed by atoms with Gasteiger partial charge in [-0.05, 0) is 43.6 Å². The van der Waals surface area contributed by atoms with E-state index in [-0.39, 0.29) is 0 Å². The number of hydrogen-bond donors (Lipinski definition) is 1. The monoisotopic (exact) mass is 304 g/mol. The van der Waals surface area contributed by atoms with Gasteiger partial charge in [0.15, 0.2) is 0 Å². The molecule has 1 aliphatic heterocycles. The fourth-order valence-corrected chi connectivity index (χ4v) is 3.86. The van der Waals surface area contributed by atoms with Gasteiger partial charge < -0.3 is 10.2 Å². The molecule has 0 spiro atoms. The Balaban J connectivity index is 1.92. The molecule has 114 valence electrons. The zero-order chi connectivity index (χ0) is 14.7. The van der Waals surface area contributed by atoms with Gasteiger partial charge in [-0.2, -0.15) is 4.98 Å². The van der Waals surface area contributed by atoms with E-state index >= 15 is 0 Å². The van der Waals surface area contributed by atoms with Crippen LogP contribution in [0.4, 0.5) is 11.8 Å². The highest BCUT2D eigenvalue weighted by Crippen LogP contribution is 2.31. The highest BCUT2D eigenvalue weighted by molar-refractivity contribution is 7.16. The van der Waals surface area contributed by atoms with E-state index in [0.717, 1.165) is 42.1 Å². The summed E-state index contributed by atoms with van der Waals surface area (Å²) >= 11 is 1.70. The summed E-state index contributed by atoms with van der Waals surface area (Å²) in [7, 11) is 0. The van der Waals surface area contributed by atoms with Crippen LogP contribution in [0.2, 0.25) is 0 Å². The summed E-state index contributed by atoms with van der Waals surface area (Å²) in [6.45, 7) is 7.48. The molecule has 0 bridgehead atoms. The molecule has 21 heavy (non-hydrogen) atoms. The summed E-state index contributed by atoms with van der Waals surface area (Å²) < 4.78 is 0. The second kappa shape index (κ2) is 6.60. The third-order valence-corrected chi connectivity index (χ3v) is 5.17. The molecule has 1 saturated heterocycles.